The van der Waals surface area contributed by atoms with Gasteiger partial charge in [0.2, 0.25) is 6.54 Å². The average molecular weight is 362 g/mol. The zero-order valence-corrected chi connectivity index (χ0v) is 14.7. The van der Waals surface area contributed by atoms with Crippen molar-refractivity contribution in [2.45, 2.75) is 5.92 Å². The van der Waals surface area contributed by atoms with Gasteiger partial charge < -0.3 is 14.1 Å². The lowest BCUT2D eigenvalue weighted by Crippen LogP contribution is -2.14. The minimum atomic E-state index is -0.497. The number of ether oxygens (including phenoxy) is 1. The van der Waals surface area contributed by atoms with Gasteiger partial charge in [0.1, 0.15) is 17.4 Å². The van der Waals surface area contributed by atoms with E-state index in [0.717, 1.165) is 33.5 Å². The van der Waals surface area contributed by atoms with Crippen molar-refractivity contribution >= 4 is 10.9 Å². The maximum atomic E-state index is 11.4. The summed E-state index contributed by atoms with van der Waals surface area (Å²) in [6.07, 6.45) is 1.55. The zero-order chi connectivity index (χ0) is 18.8. The summed E-state index contributed by atoms with van der Waals surface area (Å²) >= 11 is 0. The van der Waals surface area contributed by atoms with Gasteiger partial charge in [-0.1, -0.05) is 18.2 Å². The van der Waals surface area contributed by atoms with E-state index in [-0.39, 0.29) is 11.5 Å². The fourth-order valence-electron chi connectivity index (χ4n) is 3.47. The second-order valence-electron chi connectivity index (χ2n) is 6.27. The van der Waals surface area contributed by atoms with Crippen molar-refractivity contribution in [3.8, 4) is 17.0 Å². The van der Waals surface area contributed by atoms with Gasteiger partial charge in [-0.05, 0) is 48.0 Å². The molecule has 0 aliphatic rings. The third kappa shape index (κ3) is 3.17. The molecule has 136 valence electrons. The van der Waals surface area contributed by atoms with E-state index in [1.54, 1.807) is 25.5 Å². The van der Waals surface area contributed by atoms with Gasteiger partial charge in [-0.25, -0.2) is 0 Å². The molecule has 0 unspecified atom stereocenters. The Labute approximate surface area is 155 Å². The van der Waals surface area contributed by atoms with Gasteiger partial charge in [0, 0.05) is 21.4 Å². The molecule has 0 spiro atoms. The lowest BCUT2D eigenvalue weighted by atomic mass is 9.91. The number of furan rings is 1. The molecule has 0 aliphatic carbocycles. The molecule has 0 aliphatic heterocycles. The molecule has 0 radical (unpaired) electrons. The minimum Gasteiger partial charge on any atom is -0.497 e. The number of nitro groups is 1. The smallest absolute Gasteiger partial charge is 0.217 e. The Morgan fingerprint density at radius 1 is 1.11 bits per heavy atom. The fraction of sp³-hybridized carbons (Fsp3) is 0.143. The fourth-order valence-corrected chi connectivity index (χ4v) is 3.47. The first kappa shape index (κ1) is 16.9. The molecule has 1 atom stereocenters. The Bertz CT molecular complexity index is 1070. The van der Waals surface area contributed by atoms with Crippen LogP contribution in [0, 0.1) is 10.1 Å². The first-order valence-corrected chi connectivity index (χ1v) is 8.57. The summed E-state index contributed by atoms with van der Waals surface area (Å²) in [6, 6.07) is 19.0. The highest BCUT2D eigenvalue weighted by Crippen LogP contribution is 2.39. The molecule has 27 heavy (non-hydrogen) atoms. The number of rotatable bonds is 6. The van der Waals surface area contributed by atoms with Crippen molar-refractivity contribution in [1.82, 2.24) is 4.98 Å². The third-order valence-corrected chi connectivity index (χ3v) is 4.69. The van der Waals surface area contributed by atoms with Gasteiger partial charge in [0.25, 0.3) is 0 Å². The number of H-pyrrole nitrogens is 1. The Hall–Kier alpha value is -3.54. The van der Waals surface area contributed by atoms with Crippen molar-refractivity contribution < 1.29 is 14.1 Å². The number of hydrogen-bond acceptors (Lipinski definition) is 4. The van der Waals surface area contributed by atoms with Gasteiger partial charge in [0.05, 0.1) is 19.1 Å². The second kappa shape index (κ2) is 6.99. The topological polar surface area (TPSA) is 81.3 Å². The lowest BCUT2D eigenvalue weighted by Gasteiger charge is -2.13. The van der Waals surface area contributed by atoms with E-state index in [0.29, 0.717) is 5.76 Å². The number of fused-ring (bicyclic) bond motifs is 1. The largest absolute Gasteiger partial charge is 0.497 e. The molecule has 0 bridgehead atoms. The predicted molar refractivity (Wildman–Crippen MR) is 103 cm³/mol. The van der Waals surface area contributed by atoms with Gasteiger partial charge in [0.15, 0.2) is 0 Å². The highest BCUT2D eigenvalue weighted by Gasteiger charge is 2.29. The molecule has 4 rings (SSSR count). The molecular formula is C21H18N2O4. The van der Waals surface area contributed by atoms with Crippen LogP contribution in [0.3, 0.4) is 0 Å². The van der Waals surface area contributed by atoms with Gasteiger partial charge in [-0.2, -0.15) is 0 Å². The van der Waals surface area contributed by atoms with E-state index in [2.05, 4.69) is 4.98 Å². The summed E-state index contributed by atoms with van der Waals surface area (Å²) in [4.78, 5) is 14.5. The zero-order valence-electron chi connectivity index (χ0n) is 14.7. The van der Waals surface area contributed by atoms with E-state index in [1.807, 2.05) is 48.5 Å². The Morgan fingerprint density at radius 3 is 2.56 bits per heavy atom. The van der Waals surface area contributed by atoms with E-state index < -0.39 is 5.92 Å². The van der Waals surface area contributed by atoms with Crippen molar-refractivity contribution in [3.05, 3.63) is 88.4 Å². The number of aromatic nitrogens is 1. The first-order chi connectivity index (χ1) is 13.2. The maximum absolute atomic E-state index is 11.4. The number of para-hydroxylation sites is 1. The molecule has 4 aromatic rings. The quantitative estimate of drug-likeness (QED) is 0.393. The Kier molecular flexibility index (Phi) is 4.38. The van der Waals surface area contributed by atoms with Crippen LogP contribution in [-0.4, -0.2) is 23.6 Å². The van der Waals surface area contributed by atoms with E-state index in [1.165, 1.54) is 0 Å². The number of methoxy groups -OCH3 is 1. The minimum absolute atomic E-state index is 0.251. The normalized spacial score (nSPS) is 12.2. The first-order valence-electron chi connectivity index (χ1n) is 8.57. The SMILES string of the molecule is COc1ccc(-c2[nH]c3ccccc3c2[C@H](C[N+](=O)[O-])c2ccco2)cc1. The van der Waals surface area contributed by atoms with Crippen molar-refractivity contribution in [1.29, 1.82) is 0 Å². The summed E-state index contributed by atoms with van der Waals surface area (Å²) in [7, 11) is 1.62. The molecule has 0 fully saturated rings. The molecule has 0 saturated carbocycles. The highest BCUT2D eigenvalue weighted by atomic mass is 16.6. The number of nitrogens with one attached hydrogen (secondary N) is 1. The number of benzene rings is 2. The Morgan fingerprint density at radius 2 is 1.89 bits per heavy atom. The van der Waals surface area contributed by atoms with E-state index in [9.17, 15) is 10.1 Å². The summed E-state index contributed by atoms with van der Waals surface area (Å²) in [5.41, 5.74) is 3.57. The molecule has 2 aromatic heterocycles. The van der Waals surface area contributed by atoms with Gasteiger partial charge >= 0.3 is 0 Å². The van der Waals surface area contributed by atoms with Crippen LogP contribution in [0.2, 0.25) is 0 Å². The molecule has 0 amide bonds. The van der Waals surface area contributed by atoms with Crippen molar-refractivity contribution in [2.75, 3.05) is 13.7 Å². The van der Waals surface area contributed by atoms with Crippen molar-refractivity contribution in [2.24, 2.45) is 0 Å². The second-order valence-corrected chi connectivity index (χ2v) is 6.27. The number of hydrogen-bond donors (Lipinski definition) is 1. The third-order valence-electron chi connectivity index (χ3n) is 4.69. The summed E-state index contributed by atoms with van der Waals surface area (Å²) in [6.45, 7) is -0.251. The standard InChI is InChI=1S/C21H18N2O4/c1-26-15-10-8-14(9-11-15)21-20(16-5-2-3-6-18(16)22-21)17(13-23(24)25)19-7-4-12-27-19/h2-12,17,22H,13H2,1H3/t17-/m1/s1. The lowest BCUT2D eigenvalue weighted by molar-refractivity contribution is -0.482. The van der Waals surface area contributed by atoms with E-state index in [4.69, 9.17) is 9.15 Å². The van der Waals surface area contributed by atoms with Gasteiger partial charge in [-0.3, -0.25) is 10.1 Å². The Balaban J connectivity index is 1.95. The molecule has 2 aromatic carbocycles. The van der Waals surface area contributed by atoms with Crippen LogP contribution < -0.4 is 4.74 Å². The summed E-state index contributed by atoms with van der Waals surface area (Å²) in [5.74, 6) is 0.832. The summed E-state index contributed by atoms with van der Waals surface area (Å²) < 4.78 is 10.8. The molecule has 6 heteroatoms. The number of aromatic amines is 1. The van der Waals surface area contributed by atoms with Crippen LogP contribution in [-0.2, 0) is 0 Å². The van der Waals surface area contributed by atoms with Crippen LogP contribution in [0.15, 0.2) is 71.3 Å². The van der Waals surface area contributed by atoms with E-state index >= 15 is 0 Å². The van der Waals surface area contributed by atoms with Crippen LogP contribution in [0.1, 0.15) is 17.2 Å². The highest BCUT2D eigenvalue weighted by molar-refractivity contribution is 5.92. The monoisotopic (exact) mass is 362 g/mol. The van der Waals surface area contributed by atoms with Crippen LogP contribution in [0.5, 0.6) is 5.75 Å². The maximum Gasteiger partial charge on any atom is 0.217 e. The van der Waals surface area contributed by atoms with Crippen molar-refractivity contribution in [3.63, 3.8) is 0 Å². The molecule has 1 N–H and O–H groups in total. The van der Waals surface area contributed by atoms with Crippen LogP contribution >= 0.6 is 0 Å². The molecule has 6 nitrogen and oxygen atoms in total. The van der Waals surface area contributed by atoms with Gasteiger partial charge in [-0.15, -0.1) is 0 Å². The predicted octanol–water partition coefficient (Wildman–Crippen LogP) is 4.85. The summed E-state index contributed by atoms with van der Waals surface area (Å²) in [5, 5.41) is 12.4. The average Bonchev–Trinajstić information content (AvgIpc) is 3.34. The molecule has 0 saturated heterocycles. The molecule has 2 heterocycles. The van der Waals surface area contributed by atoms with Crippen LogP contribution in [0.4, 0.5) is 0 Å². The number of nitrogens with zero attached hydrogens (tertiary/aromatic N) is 1. The molecular weight excluding hydrogens is 344 g/mol. The van der Waals surface area contributed by atoms with Crippen LogP contribution in [0.25, 0.3) is 22.2 Å².